The van der Waals surface area contributed by atoms with E-state index in [-0.39, 0.29) is 11.4 Å². The van der Waals surface area contributed by atoms with Crippen molar-refractivity contribution in [3.8, 4) is 22.3 Å². The number of aryl methyl sites for hydroxylation is 1. The maximum absolute atomic E-state index is 13.4. The Balaban J connectivity index is 1.81. The number of ether oxygens (including phenoxy) is 1. The molecular formula is C40H48O2. The standard InChI is InChI=1S/C40H48O2/c1-5-9-11-17-26-40(27-18-12-10-6-2)35-25-16-15-23-32(35)38-31-22-14-13-21-30(31)34(28-36(38)40)37-29(7-3)20-19-24-33(37)39(41)42-8-4/h13-16,19-25,28H,5-12,17-18,26-27H2,1-4H3. The molecule has 0 fully saturated rings. The highest BCUT2D eigenvalue weighted by Gasteiger charge is 2.43. The van der Waals surface area contributed by atoms with Gasteiger partial charge in [0.2, 0.25) is 0 Å². The highest BCUT2D eigenvalue weighted by Crippen LogP contribution is 2.57. The third-order valence-electron chi connectivity index (χ3n) is 9.48. The molecule has 0 bridgehead atoms. The maximum Gasteiger partial charge on any atom is 0.338 e. The van der Waals surface area contributed by atoms with E-state index in [1.807, 2.05) is 19.1 Å². The summed E-state index contributed by atoms with van der Waals surface area (Å²) in [7, 11) is 0. The van der Waals surface area contributed by atoms with E-state index >= 15 is 0 Å². The van der Waals surface area contributed by atoms with E-state index in [0.29, 0.717) is 12.2 Å². The van der Waals surface area contributed by atoms with Gasteiger partial charge in [0.25, 0.3) is 0 Å². The summed E-state index contributed by atoms with van der Waals surface area (Å²) < 4.78 is 5.60. The second-order valence-corrected chi connectivity index (χ2v) is 12.1. The first-order valence-corrected chi connectivity index (χ1v) is 16.6. The zero-order valence-corrected chi connectivity index (χ0v) is 26.2. The molecule has 0 spiro atoms. The molecule has 220 valence electrons. The highest BCUT2D eigenvalue weighted by molar-refractivity contribution is 6.11. The van der Waals surface area contributed by atoms with Crippen LogP contribution in [0.25, 0.3) is 33.0 Å². The molecule has 0 heterocycles. The van der Waals surface area contributed by atoms with Crippen LogP contribution in [0.5, 0.6) is 0 Å². The largest absolute Gasteiger partial charge is 0.462 e. The van der Waals surface area contributed by atoms with Gasteiger partial charge in [0.05, 0.1) is 12.2 Å². The number of unbranched alkanes of at least 4 members (excludes halogenated alkanes) is 6. The summed E-state index contributed by atoms with van der Waals surface area (Å²) in [6.07, 6.45) is 13.3. The van der Waals surface area contributed by atoms with Crippen LogP contribution < -0.4 is 0 Å². The van der Waals surface area contributed by atoms with Gasteiger partial charge >= 0.3 is 5.97 Å². The van der Waals surface area contributed by atoms with Crippen molar-refractivity contribution >= 4 is 16.7 Å². The van der Waals surface area contributed by atoms with Crippen LogP contribution in [0.4, 0.5) is 0 Å². The Bertz CT molecular complexity index is 1520. The Morgan fingerprint density at radius 2 is 1.31 bits per heavy atom. The lowest BCUT2D eigenvalue weighted by Gasteiger charge is -2.33. The zero-order chi connectivity index (χ0) is 29.5. The van der Waals surface area contributed by atoms with Crippen LogP contribution >= 0.6 is 0 Å². The lowest BCUT2D eigenvalue weighted by atomic mass is 9.69. The molecule has 1 aliphatic rings. The molecular weight excluding hydrogens is 512 g/mol. The number of hydrogen-bond donors (Lipinski definition) is 0. The van der Waals surface area contributed by atoms with Gasteiger partial charge in [-0.05, 0) is 88.0 Å². The molecule has 0 atom stereocenters. The highest BCUT2D eigenvalue weighted by atomic mass is 16.5. The molecule has 5 rings (SSSR count). The van der Waals surface area contributed by atoms with E-state index in [0.717, 1.165) is 12.0 Å². The Morgan fingerprint density at radius 3 is 1.98 bits per heavy atom. The topological polar surface area (TPSA) is 26.3 Å². The summed E-state index contributed by atoms with van der Waals surface area (Å²) in [5.41, 5.74) is 9.83. The summed E-state index contributed by atoms with van der Waals surface area (Å²) in [5.74, 6) is -0.235. The first-order chi connectivity index (χ1) is 20.6. The number of rotatable bonds is 14. The smallest absolute Gasteiger partial charge is 0.338 e. The summed E-state index contributed by atoms with van der Waals surface area (Å²) in [5, 5.41) is 2.51. The predicted octanol–water partition coefficient (Wildman–Crippen LogP) is 11.5. The predicted molar refractivity (Wildman–Crippen MR) is 178 cm³/mol. The molecule has 0 unspecified atom stereocenters. The van der Waals surface area contributed by atoms with Crippen LogP contribution in [0.15, 0.2) is 72.8 Å². The molecule has 2 nitrogen and oxygen atoms in total. The third kappa shape index (κ3) is 5.53. The molecule has 0 saturated carbocycles. The minimum Gasteiger partial charge on any atom is -0.462 e. The average molecular weight is 561 g/mol. The Hall–Kier alpha value is -3.39. The maximum atomic E-state index is 13.4. The first-order valence-electron chi connectivity index (χ1n) is 16.6. The van der Waals surface area contributed by atoms with E-state index < -0.39 is 0 Å². The summed E-state index contributed by atoms with van der Waals surface area (Å²) in [6, 6.07) is 26.7. The Labute approximate surface area is 253 Å². The fraction of sp³-hybridized carbons (Fsp3) is 0.425. The van der Waals surface area contributed by atoms with E-state index in [1.165, 1.54) is 108 Å². The van der Waals surface area contributed by atoms with Crippen LogP contribution in [-0.4, -0.2) is 12.6 Å². The van der Waals surface area contributed by atoms with Crippen molar-refractivity contribution in [2.75, 3.05) is 6.61 Å². The molecule has 0 aliphatic heterocycles. The molecule has 0 amide bonds. The lowest BCUT2D eigenvalue weighted by molar-refractivity contribution is 0.0527. The third-order valence-corrected chi connectivity index (χ3v) is 9.48. The molecule has 0 N–H and O–H groups in total. The van der Waals surface area contributed by atoms with Gasteiger partial charge in [0.15, 0.2) is 0 Å². The quantitative estimate of drug-likeness (QED) is 0.113. The zero-order valence-electron chi connectivity index (χ0n) is 26.2. The van der Waals surface area contributed by atoms with Crippen molar-refractivity contribution in [2.24, 2.45) is 0 Å². The molecule has 4 aromatic carbocycles. The average Bonchev–Trinajstić information content (AvgIpc) is 3.30. The Morgan fingerprint density at radius 1 is 0.643 bits per heavy atom. The number of fused-ring (bicyclic) bond motifs is 5. The molecule has 1 aliphatic carbocycles. The van der Waals surface area contributed by atoms with Crippen molar-refractivity contribution in [1.29, 1.82) is 0 Å². The summed E-state index contributed by atoms with van der Waals surface area (Å²) in [6.45, 7) is 9.03. The van der Waals surface area contributed by atoms with Crippen molar-refractivity contribution < 1.29 is 9.53 Å². The van der Waals surface area contributed by atoms with Crippen LogP contribution in [0.1, 0.15) is 119 Å². The fourth-order valence-corrected chi connectivity index (χ4v) is 7.48. The van der Waals surface area contributed by atoms with Gasteiger partial charge in [-0.2, -0.15) is 0 Å². The minimum atomic E-state index is -0.235. The van der Waals surface area contributed by atoms with Crippen LogP contribution in [0, 0.1) is 0 Å². The molecule has 0 radical (unpaired) electrons. The van der Waals surface area contributed by atoms with Gasteiger partial charge in [0, 0.05) is 5.41 Å². The van der Waals surface area contributed by atoms with E-state index in [4.69, 9.17) is 4.74 Å². The van der Waals surface area contributed by atoms with E-state index in [9.17, 15) is 4.79 Å². The molecule has 0 aromatic heterocycles. The lowest BCUT2D eigenvalue weighted by Crippen LogP contribution is -2.25. The first kappa shape index (κ1) is 30.1. The fourth-order valence-electron chi connectivity index (χ4n) is 7.48. The Kier molecular flexibility index (Phi) is 9.83. The SMILES string of the molecule is CCCCCCC1(CCCCCC)c2ccccc2-c2c1cc(-c1c(CC)cccc1C(=O)OCC)c1ccccc21. The van der Waals surface area contributed by atoms with Gasteiger partial charge in [-0.25, -0.2) is 4.79 Å². The van der Waals surface area contributed by atoms with Gasteiger partial charge in [-0.15, -0.1) is 0 Å². The monoisotopic (exact) mass is 560 g/mol. The van der Waals surface area contributed by atoms with Gasteiger partial charge in [-0.3, -0.25) is 0 Å². The second-order valence-electron chi connectivity index (χ2n) is 12.1. The molecule has 2 heteroatoms. The van der Waals surface area contributed by atoms with Crippen LogP contribution in [-0.2, 0) is 16.6 Å². The van der Waals surface area contributed by atoms with Crippen molar-refractivity contribution in [3.63, 3.8) is 0 Å². The number of esters is 1. The number of carbonyl (C=O) groups excluding carboxylic acids is 1. The normalized spacial score (nSPS) is 13.2. The van der Waals surface area contributed by atoms with Gasteiger partial charge < -0.3 is 4.74 Å². The minimum absolute atomic E-state index is 0.0164. The summed E-state index contributed by atoms with van der Waals surface area (Å²) in [4.78, 5) is 13.4. The van der Waals surface area contributed by atoms with Gasteiger partial charge in [-0.1, -0.05) is 133 Å². The van der Waals surface area contributed by atoms with Crippen LogP contribution in [0.2, 0.25) is 0 Å². The second kappa shape index (κ2) is 13.7. The molecule has 0 saturated heterocycles. The number of hydrogen-bond acceptors (Lipinski definition) is 2. The van der Waals surface area contributed by atoms with Gasteiger partial charge in [0.1, 0.15) is 0 Å². The number of benzene rings is 4. The van der Waals surface area contributed by atoms with Crippen LogP contribution in [0.3, 0.4) is 0 Å². The van der Waals surface area contributed by atoms with Crippen molar-refractivity contribution in [3.05, 3.63) is 95.1 Å². The van der Waals surface area contributed by atoms with E-state index in [1.54, 1.807) is 0 Å². The van der Waals surface area contributed by atoms with Crippen molar-refractivity contribution in [1.82, 2.24) is 0 Å². The van der Waals surface area contributed by atoms with Crippen molar-refractivity contribution in [2.45, 2.75) is 104 Å². The molecule has 42 heavy (non-hydrogen) atoms. The summed E-state index contributed by atoms with van der Waals surface area (Å²) >= 11 is 0. The van der Waals surface area contributed by atoms with E-state index in [2.05, 4.69) is 81.4 Å². The molecule has 4 aromatic rings. The number of carbonyl (C=O) groups is 1.